The highest BCUT2D eigenvalue weighted by Gasteiger charge is 2.30. The molecule has 0 bridgehead atoms. The minimum absolute atomic E-state index is 0.0192. The Bertz CT molecular complexity index is 620. The van der Waals surface area contributed by atoms with Crippen molar-refractivity contribution in [3.8, 4) is 5.75 Å². The third-order valence-corrected chi connectivity index (χ3v) is 4.01. The van der Waals surface area contributed by atoms with Crippen molar-refractivity contribution in [1.29, 1.82) is 0 Å². The molecule has 0 spiro atoms. The number of hydrogen-bond acceptors (Lipinski definition) is 5. The lowest BCUT2D eigenvalue weighted by atomic mass is 10.1. The number of esters is 1. The molecule has 0 aromatic heterocycles. The Morgan fingerprint density at radius 1 is 1.19 bits per heavy atom. The van der Waals surface area contributed by atoms with Crippen LogP contribution in [-0.2, 0) is 25.5 Å². The molecule has 1 saturated heterocycles. The van der Waals surface area contributed by atoms with E-state index in [1.165, 1.54) is 0 Å². The molecule has 3 atom stereocenters. The fourth-order valence-electron chi connectivity index (χ4n) is 3.07. The molecule has 1 aromatic rings. The van der Waals surface area contributed by atoms with Crippen LogP contribution in [-0.4, -0.2) is 54.3 Å². The van der Waals surface area contributed by atoms with E-state index in [0.29, 0.717) is 18.8 Å². The molecule has 3 unspecified atom stereocenters. The second-order valence-corrected chi connectivity index (χ2v) is 7.12. The zero-order valence-electron chi connectivity index (χ0n) is 16.2. The molecule has 0 aliphatic carbocycles. The first-order chi connectivity index (χ1) is 12.2. The monoisotopic (exact) mass is 363 g/mol. The number of ether oxygens (including phenoxy) is 3. The number of amides is 1. The van der Waals surface area contributed by atoms with Gasteiger partial charge in [0.1, 0.15) is 5.75 Å². The smallest absolute Gasteiger partial charge is 0.311 e. The normalized spacial score (nSPS) is 21.4. The highest BCUT2D eigenvalue weighted by atomic mass is 16.5. The summed E-state index contributed by atoms with van der Waals surface area (Å²) in [5, 5.41) is 0. The van der Waals surface area contributed by atoms with E-state index in [-0.39, 0.29) is 30.6 Å². The Morgan fingerprint density at radius 2 is 1.85 bits per heavy atom. The van der Waals surface area contributed by atoms with Crippen LogP contribution in [0.4, 0.5) is 0 Å². The van der Waals surface area contributed by atoms with Gasteiger partial charge in [-0.15, -0.1) is 0 Å². The Morgan fingerprint density at radius 3 is 2.46 bits per heavy atom. The maximum Gasteiger partial charge on any atom is 0.311 e. The summed E-state index contributed by atoms with van der Waals surface area (Å²) < 4.78 is 16.6. The summed E-state index contributed by atoms with van der Waals surface area (Å²) in [6.07, 6.45) is -0.685. The van der Waals surface area contributed by atoms with Crippen LogP contribution >= 0.6 is 0 Å². The average molecular weight is 363 g/mol. The summed E-state index contributed by atoms with van der Waals surface area (Å²) in [7, 11) is 0. The van der Waals surface area contributed by atoms with Crippen molar-refractivity contribution in [3.05, 3.63) is 29.8 Å². The zero-order valence-corrected chi connectivity index (χ0v) is 16.2. The van der Waals surface area contributed by atoms with Gasteiger partial charge in [0, 0.05) is 13.1 Å². The van der Waals surface area contributed by atoms with E-state index in [1.54, 1.807) is 11.8 Å². The maximum atomic E-state index is 12.5. The van der Waals surface area contributed by atoms with E-state index in [4.69, 9.17) is 14.2 Å². The lowest BCUT2D eigenvalue weighted by Gasteiger charge is -2.36. The highest BCUT2D eigenvalue weighted by Crippen LogP contribution is 2.17. The number of rotatable bonds is 6. The number of benzene rings is 1. The molecule has 1 heterocycles. The molecule has 26 heavy (non-hydrogen) atoms. The standard InChI is InChI=1S/C20H29NO5/c1-13(2)24-18-8-6-7-17(9-18)10-19(22)26-16(5)20(23)21-11-14(3)25-15(4)12-21/h6-9,13-16H,10-12H2,1-5H3. The van der Waals surface area contributed by atoms with Gasteiger partial charge in [-0.3, -0.25) is 9.59 Å². The predicted molar refractivity (Wildman–Crippen MR) is 98.1 cm³/mol. The maximum absolute atomic E-state index is 12.5. The summed E-state index contributed by atoms with van der Waals surface area (Å²) in [5.41, 5.74) is 0.793. The molecule has 1 aliphatic rings. The van der Waals surface area contributed by atoms with Gasteiger partial charge in [0.05, 0.1) is 24.7 Å². The summed E-state index contributed by atoms with van der Waals surface area (Å²) in [6, 6.07) is 7.35. The lowest BCUT2D eigenvalue weighted by Crippen LogP contribution is -2.51. The first-order valence-electron chi connectivity index (χ1n) is 9.14. The van der Waals surface area contributed by atoms with Crippen LogP contribution in [0.15, 0.2) is 24.3 Å². The first kappa shape index (κ1) is 20.2. The van der Waals surface area contributed by atoms with E-state index in [2.05, 4.69) is 0 Å². The third kappa shape index (κ3) is 6.02. The minimum atomic E-state index is -0.810. The summed E-state index contributed by atoms with van der Waals surface area (Å²) in [6.45, 7) is 10.4. The third-order valence-electron chi connectivity index (χ3n) is 4.01. The molecule has 0 N–H and O–H groups in total. The number of carbonyl (C=O) groups is 2. The SMILES string of the molecule is CC(C)Oc1cccc(CC(=O)OC(C)C(=O)N2CC(C)OC(C)C2)c1. The van der Waals surface area contributed by atoms with Crippen LogP contribution in [0.3, 0.4) is 0 Å². The molecular weight excluding hydrogens is 334 g/mol. The first-order valence-corrected chi connectivity index (χ1v) is 9.14. The van der Waals surface area contributed by atoms with Crippen LogP contribution < -0.4 is 4.74 Å². The lowest BCUT2D eigenvalue weighted by molar-refractivity contribution is -0.164. The fourth-order valence-corrected chi connectivity index (χ4v) is 3.07. The molecule has 6 nitrogen and oxygen atoms in total. The molecular formula is C20H29NO5. The van der Waals surface area contributed by atoms with Crippen molar-refractivity contribution in [3.63, 3.8) is 0 Å². The van der Waals surface area contributed by atoms with Gasteiger partial charge >= 0.3 is 5.97 Å². The number of carbonyl (C=O) groups excluding carboxylic acids is 2. The quantitative estimate of drug-likeness (QED) is 0.727. The van der Waals surface area contributed by atoms with E-state index in [1.807, 2.05) is 52.0 Å². The number of hydrogen-bond donors (Lipinski definition) is 0. The Labute approximate surface area is 155 Å². The Hall–Kier alpha value is -2.08. The van der Waals surface area contributed by atoms with Gasteiger partial charge < -0.3 is 19.1 Å². The highest BCUT2D eigenvalue weighted by molar-refractivity contribution is 5.84. The van der Waals surface area contributed by atoms with Gasteiger partial charge in [-0.1, -0.05) is 12.1 Å². The van der Waals surface area contributed by atoms with Crippen LogP contribution in [0, 0.1) is 0 Å². The molecule has 0 radical (unpaired) electrons. The van der Waals surface area contributed by atoms with Crippen LogP contribution in [0.25, 0.3) is 0 Å². The predicted octanol–water partition coefficient (Wildman–Crippen LogP) is 2.58. The molecule has 1 aromatic carbocycles. The largest absolute Gasteiger partial charge is 0.491 e. The van der Waals surface area contributed by atoms with Crippen LogP contribution in [0.5, 0.6) is 5.75 Å². The average Bonchev–Trinajstić information content (AvgIpc) is 2.52. The Balaban J connectivity index is 1.89. The van der Waals surface area contributed by atoms with Crippen molar-refractivity contribution in [2.45, 2.75) is 65.5 Å². The summed E-state index contributed by atoms with van der Waals surface area (Å²) >= 11 is 0. The van der Waals surface area contributed by atoms with Crippen molar-refractivity contribution in [2.24, 2.45) is 0 Å². The van der Waals surface area contributed by atoms with E-state index in [9.17, 15) is 9.59 Å². The van der Waals surface area contributed by atoms with Gasteiger partial charge in [-0.25, -0.2) is 0 Å². The summed E-state index contributed by atoms with van der Waals surface area (Å²) in [5.74, 6) is 0.102. The minimum Gasteiger partial charge on any atom is -0.491 e. The van der Waals surface area contributed by atoms with E-state index < -0.39 is 12.1 Å². The van der Waals surface area contributed by atoms with Gasteiger partial charge in [-0.2, -0.15) is 0 Å². The van der Waals surface area contributed by atoms with Crippen molar-refractivity contribution in [2.75, 3.05) is 13.1 Å². The topological polar surface area (TPSA) is 65.1 Å². The molecule has 1 fully saturated rings. The van der Waals surface area contributed by atoms with Crippen molar-refractivity contribution < 1.29 is 23.8 Å². The fraction of sp³-hybridized carbons (Fsp3) is 0.600. The zero-order chi connectivity index (χ0) is 19.3. The second-order valence-electron chi connectivity index (χ2n) is 7.12. The van der Waals surface area contributed by atoms with Crippen LogP contribution in [0.2, 0.25) is 0 Å². The number of nitrogens with zero attached hydrogens (tertiary/aromatic N) is 1. The number of morpholine rings is 1. The molecule has 6 heteroatoms. The molecule has 1 amide bonds. The van der Waals surface area contributed by atoms with E-state index in [0.717, 1.165) is 5.56 Å². The Kier molecular flexibility index (Phi) is 7.03. The van der Waals surface area contributed by atoms with Crippen LogP contribution in [0.1, 0.15) is 40.2 Å². The van der Waals surface area contributed by atoms with Crippen molar-refractivity contribution >= 4 is 11.9 Å². The molecule has 2 rings (SSSR count). The van der Waals surface area contributed by atoms with Crippen molar-refractivity contribution in [1.82, 2.24) is 4.90 Å². The molecule has 1 aliphatic heterocycles. The van der Waals surface area contributed by atoms with Gasteiger partial charge in [-0.05, 0) is 52.3 Å². The second kappa shape index (κ2) is 9.03. The molecule has 144 valence electrons. The summed E-state index contributed by atoms with van der Waals surface area (Å²) in [4.78, 5) is 26.4. The van der Waals surface area contributed by atoms with Gasteiger partial charge in [0.2, 0.25) is 0 Å². The molecule has 0 saturated carbocycles. The van der Waals surface area contributed by atoms with Gasteiger partial charge in [0.15, 0.2) is 6.10 Å². The van der Waals surface area contributed by atoms with Gasteiger partial charge in [0.25, 0.3) is 5.91 Å². The van der Waals surface area contributed by atoms with E-state index >= 15 is 0 Å².